The Bertz CT molecular complexity index is 1290. The first-order valence-electron chi connectivity index (χ1n) is 9.93. The fourth-order valence-corrected chi connectivity index (χ4v) is 3.31. The Labute approximate surface area is 181 Å². The molecular formula is C25H23N5O. The summed E-state index contributed by atoms with van der Waals surface area (Å²) in [5.74, 6) is 1.45. The molecule has 2 heterocycles. The molecule has 2 aromatic heterocycles. The zero-order valence-corrected chi connectivity index (χ0v) is 18.0. The van der Waals surface area contributed by atoms with E-state index in [-0.39, 0.29) is 0 Å². The molecule has 31 heavy (non-hydrogen) atoms. The number of aryl methyl sites for hydroxylation is 2. The van der Waals surface area contributed by atoms with Crippen LogP contribution in [-0.4, -0.2) is 24.1 Å². The maximum Gasteiger partial charge on any atom is 0.145 e. The highest BCUT2D eigenvalue weighted by molar-refractivity contribution is 5.97. The van der Waals surface area contributed by atoms with E-state index >= 15 is 0 Å². The van der Waals surface area contributed by atoms with Crippen molar-refractivity contribution in [2.75, 3.05) is 24.3 Å². The molecule has 0 aliphatic carbocycles. The van der Waals surface area contributed by atoms with Crippen molar-refractivity contribution in [3.63, 3.8) is 0 Å². The number of rotatable bonds is 5. The molecule has 6 nitrogen and oxygen atoms in total. The summed E-state index contributed by atoms with van der Waals surface area (Å²) in [4.78, 5) is 10.7. The lowest BCUT2D eigenvalue weighted by atomic mass is 10.1. The second-order valence-corrected chi connectivity index (χ2v) is 7.60. The molecule has 154 valence electrons. The van der Waals surface area contributed by atoms with Crippen molar-refractivity contribution in [2.45, 2.75) is 13.8 Å². The second-order valence-electron chi connectivity index (χ2n) is 7.60. The van der Waals surface area contributed by atoms with Gasteiger partial charge in [-0.3, -0.25) is 9.97 Å². The van der Waals surface area contributed by atoms with Crippen LogP contribution in [0.5, 0.6) is 11.5 Å². The van der Waals surface area contributed by atoms with Crippen molar-refractivity contribution in [1.29, 1.82) is 5.26 Å². The monoisotopic (exact) mass is 409 g/mol. The van der Waals surface area contributed by atoms with Crippen molar-refractivity contribution >= 4 is 28.0 Å². The van der Waals surface area contributed by atoms with Crippen LogP contribution in [-0.2, 0) is 0 Å². The first kappa shape index (κ1) is 20.2. The second kappa shape index (κ2) is 8.33. The molecule has 0 bridgehead atoms. The molecule has 0 saturated heterocycles. The SMILES string of the molecule is Cc1ccc(Oc2ccc(Nc3c(C#N)cnc4ccc(N(C)C)cc34)cc2C)cn1. The van der Waals surface area contributed by atoms with Crippen LogP contribution >= 0.6 is 0 Å². The van der Waals surface area contributed by atoms with Crippen LogP contribution in [0, 0.1) is 25.2 Å². The van der Waals surface area contributed by atoms with E-state index in [9.17, 15) is 5.26 Å². The molecule has 0 spiro atoms. The Morgan fingerprint density at radius 3 is 2.48 bits per heavy atom. The number of nitriles is 1. The number of benzene rings is 2. The number of nitrogens with zero attached hydrogens (tertiary/aromatic N) is 4. The molecule has 0 amide bonds. The van der Waals surface area contributed by atoms with Crippen molar-refractivity contribution in [3.05, 3.63) is 77.7 Å². The largest absolute Gasteiger partial charge is 0.455 e. The molecule has 0 aliphatic heterocycles. The van der Waals surface area contributed by atoms with E-state index < -0.39 is 0 Å². The first-order chi connectivity index (χ1) is 14.9. The zero-order valence-electron chi connectivity index (χ0n) is 18.0. The zero-order chi connectivity index (χ0) is 22.0. The molecule has 0 aliphatic rings. The highest BCUT2D eigenvalue weighted by Gasteiger charge is 2.12. The van der Waals surface area contributed by atoms with Gasteiger partial charge in [-0.15, -0.1) is 0 Å². The fraction of sp³-hybridized carbons (Fsp3) is 0.160. The highest BCUT2D eigenvalue weighted by Crippen LogP contribution is 2.33. The molecule has 0 atom stereocenters. The third kappa shape index (κ3) is 4.26. The number of aromatic nitrogens is 2. The van der Waals surface area contributed by atoms with Crippen molar-refractivity contribution < 1.29 is 4.74 Å². The summed E-state index contributed by atoms with van der Waals surface area (Å²) in [6, 6.07) is 17.9. The van der Waals surface area contributed by atoms with Crippen molar-refractivity contribution in [2.24, 2.45) is 0 Å². The first-order valence-corrected chi connectivity index (χ1v) is 9.93. The summed E-state index contributed by atoms with van der Waals surface area (Å²) in [5, 5.41) is 14.0. The van der Waals surface area contributed by atoms with E-state index in [0.717, 1.165) is 45.0 Å². The van der Waals surface area contributed by atoms with E-state index in [0.29, 0.717) is 11.3 Å². The van der Waals surface area contributed by atoms with Crippen LogP contribution in [0.25, 0.3) is 10.9 Å². The standard InChI is InChI=1S/C25H23N5O/c1-16-11-19(6-10-24(16)31-21-8-5-17(2)27-15-21)29-25-18(13-26)14-28-23-9-7-20(30(3)4)12-22(23)25/h5-12,14-15H,1-4H3,(H,28,29). The van der Waals surface area contributed by atoms with E-state index in [2.05, 4.69) is 21.4 Å². The molecule has 6 heteroatoms. The van der Waals surface area contributed by atoms with Crippen molar-refractivity contribution in [3.8, 4) is 17.6 Å². The van der Waals surface area contributed by atoms with Gasteiger partial charge in [-0.1, -0.05) is 0 Å². The molecule has 4 rings (SSSR count). The molecule has 0 fully saturated rings. The summed E-state index contributed by atoms with van der Waals surface area (Å²) in [7, 11) is 3.98. The lowest BCUT2D eigenvalue weighted by Crippen LogP contribution is -2.08. The number of nitrogens with one attached hydrogen (secondary N) is 1. The minimum atomic E-state index is 0.493. The predicted molar refractivity (Wildman–Crippen MR) is 124 cm³/mol. The smallest absolute Gasteiger partial charge is 0.145 e. The summed E-state index contributed by atoms with van der Waals surface area (Å²) < 4.78 is 5.97. The van der Waals surface area contributed by atoms with Gasteiger partial charge in [0.2, 0.25) is 0 Å². The summed E-state index contributed by atoms with van der Waals surface area (Å²) in [6.07, 6.45) is 3.32. The molecular weight excluding hydrogens is 386 g/mol. The lowest BCUT2D eigenvalue weighted by Gasteiger charge is -2.17. The third-order valence-electron chi connectivity index (χ3n) is 5.04. The Balaban J connectivity index is 1.68. The number of pyridine rings is 2. The summed E-state index contributed by atoms with van der Waals surface area (Å²) >= 11 is 0. The van der Waals surface area contributed by atoms with Gasteiger partial charge in [-0.2, -0.15) is 5.26 Å². The van der Waals surface area contributed by atoms with Crippen LogP contribution in [0.1, 0.15) is 16.8 Å². The van der Waals surface area contributed by atoms with Crippen LogP contribution in [0.2, 0.25) is 0 Å². The van der Waals surface area contributed by atoms with Gasteiger partial charge in [-0.25, -0.2) is 0 Å². The number of anilines is 3. The average molecular weight is 409 g/mol. The fourth-order valence-electron chi connectivity index (χ4n) is 3.31. The Kier molecular flexibility index (Phi) is 5.42. The maximum atomic E-state index is 9.65. The van der Waals surface area contributed by atoms with E-state index in [1.807, 2.05) is 81.4 Å². The topological polar surface area (TPSA) is 74.1 Å². The normalized spacial score (nSPS) is 10.5. The van der Waals surface area contributed by atoms with E-state index in [4.69, 9.17) is 4.74 Å². The molecule has 0 saturated carbocycles. The van der Waals surface area contributed by atoms with Crippen LogP contribution in [0.4, 0.5) is 17.1 Å². The molecule has 4 aromatic rings. The quantitative estimate of drug-likeness (QED) is 0.454. The third-order valence-corrected chi connectivity index (χ3v) is 5.04. The molecule has 0 radical (unpaired) electrons. The van der Waals surface area contributed by atoms with Crippen molar-refractivity contribution in [1.82, 2.24) is 9.97 Å². The van der Waals surface area contributed by atoms with Gasteiger partial charge >= 0.3 is 0 Å². The van der Waals surface area contributed by atoms with Gasteiger partial charge < -0.3 is 15.0 Å². The van der Waals surface area contributed by atoms with Gasteiger partial charge in [-0.05, 0) is 67.9 Å². The molecule has 1 N–H and O–H groups in total. The van der Waals surface area contributed by atoms with Gasteiger partial charge in [0.15, 0.2) is 0 Å². The lowest BCUT2D eigenvalue weighted by molar-refractivity contribution is 0.476. The van der Waals surface area contributed by atoms with Crippen LogP contribution in [0.15, 0.2) is 60.9 Å². The number of ether oxygens (including phenoxy) is 1. The summed E-state index contributed by atoms with van der Waals surface area (Å²) in [5.41, 5.74) is 5.88. The Hall–Kier alpha value is -4.11. The summed E-state index contributed by atoms with van der Waals surface area (Å²) in [6.45, 7) is 3.93. The van der Waals surface area contributed by atoms with Gasteiger partial charge in [0, 0.05) is 42.7 Å². The Morgan fingerprint density at radius 2 is 1.81 bits per heavy atom. The maximum absolute atomic E-state index is 9.65. The molecule has 0 unspecified atom stereocenters. The minimum Gasteiger partial charge on any atom is -0.455 e. The van der Waals surface area contributed by atoms with Gasteiger partial charge in [0.05, 0.1) is 23.0 Å². The number of hydrogen-bond acceptors (Lipinski definition) is 6. The number of fused-ring (bicyclic) bond motifs is 1. The predicted octanol–water partition coefficient (Wildman–Crippen LogP) is 5.72. The van der Waals surface area contributed by atoms with Gasteiger partial charge in [0.1, 0.15) is 17.6 Å². The molecule has 2 aromatic carbocycles. The van der Waals surface area contributed by atoms with Crippen LogP contribution in [0.3, 0.4) is 0 Å². The average Bonchev–Trinajstić information content (AvgIpc) is 2.77. The van der Waals surface area contributed by atoms with Gasteiger partial charge in [0.25, 0.3) is 0 Å². The highest BCUT2D eigenvalue weighted by atomic mass is 16.5. The van der Waals surface area contributed by atoms with Crippen LogP contribution < -0.4 is 15.0 Å². The number of hydrogen-bond donors (Lipinski definition) is 1. The van der Waals surface area contributed by atoms with E-state index in [1.165, 1.54) is 0 Å². The Morgan fingerprint density at radius 1 is 0.968 bits per heavy atom. The minimum absolute atomic E-state index is 0.493. The van der Waals surface area contributed by atoms with E-state index in [1.54, 1.807) is 12.4 Å².